The highest BCUT2D eigenvalue weighted by atomic mass is 32.1. The van der Waals surface area contributed by atoms with Crippen LogP contribution in [0.1, 0.15) is 36.2 Å². The molecule has 3 atom stereocenters. The van der Waals surface area contributed by atoms with Gasteiger partial charge in [-0.1, -0.05) is 18.7 Å². The van der Waals surface area contributed by atoms with E-state index in [0.29, 0.717) is 29.9 Å². The highest BCUT2D eigenvalue weighted by molar-refractivity contribution is 7.09. The van der Waals surface area contributed by atoms with Gasteiger partial charge in [-0.2, -0.15) is 0 Å². The van der Waals surface area contributed by atoms with Gasteiger partial charge in [0.2, 0.25) is 5.52 Å². The van der Waals surface area contributed by atoms with E-state index >= 15 is 0 Å². The highest BCUT2D eigenvalue weighted by Gasteiger charge is 2.37. The molecular weight excluding hydrogens is 475 g/mol. The first kappa shape index (κ1) is 24.1. The Balaban J connectivity index is 1.55. The van der Waals surface area contributed by atoms with Gasteiger partial charge < -0.3 is 14.3 Å². The minimum atomic E-state index is -0.262. The number of halogens is 1. The van der Waals surface area contributed by atoms with Crippen molar-refractivity contribution in [3.63, 3.8) is 0 Å². The molecule has 0 spiro atoms. The number of aromatic nitrogens is 3. The van der Waals surface area contributed by atoms with Crippen LogP contribution in [-0.4, -0.2) is 44.6 Å². The first-order valence-corrected chi connectivity index (χ1v) is 12.7. The van der Waals surface area contributed by atoms with Crippen LogP contribution < -0.4 is 10.5 Å². The van der Waals surface area contributed by atoms with Crippen molar-refractivity contribution in [2.24, 2.45) is 7.05 Å². The van der Waals surface area contributed by atoms with Gasteiger partial charge in [-0.05, 0) is 50.6 Å². The maximum absolute atomic E-state index is 13.7. The van der Waals surface area contributed by atoms with Gasteiger partial charge in [0.15, 0.2) is 0 Å². The maximum atomic E-state index is 13.7. The summed E-state index contributed by atoms with van der Waals surface area (Å²) in [6, 6.07) is 11.8. The predicted molar refractivity (Wildman–Crippen MR) is 141 cm³/mol. The number of benzene rings is 1. The highest BCUT2D eigenvalue weighted by Crippen LogP contribution is 2.36. The molecule has 0 saturated carbocycles. The molecule has 1 aliphatic rings. The number of hydrogen-bond donors (Lipinski definition) is 0. The van der Waals surface area contributed by atoms with Crippen LogP contribution in [0, 0.1) is 19.3 Å². The van der Waals surface area contributed by atoms with Gasteiger partial charge in [-0.15, -0.1) is 16.3 Å². The summed E-state index contributed by atoms with van der Waals surface area (Å²) in [6.07, 6.45) is 0. The van der Waals surface area contributed by atoms with Crippen molar-refractivity contribution >= 4 is 33.9 Å². The van der Waals surface area contributed by atoms with Crippen LogP contribution in [0.5, 0.6) is 0 Å². The average molecular weight is 503 g/mol. The molecule has 9 heteroatoms. The normalized spacial score (nSPS) is 19.4. The van der Waals surface area contributed by atoms with E-state index in [1.54, 1.807) is 41.2 Å². The summed E-state index contributed by atoms with van der Waals surface area (Å²) >= 11 is 1.61. The molecule has 1 aliphatic heterocycles. The molecule has 0 N–H and O–H groups in total. The minimum Gasteiger partial charge on any atom is -0.362 e. The third-order valence-electron chi connectivity index (χ3n) is 6.95. The lowest BCUT2D eigenvalue weighted by atomic mass is 9.97. The molecule has 1 fully saturated rings. The Morgan fingerprint density at radius 3 is 2.53 bits per heavy atom. The molecule has 1 saturated heterocycles. The van der Waals surface area contributed by atoms with Crippen LogP contribution in [0.4, 0.5) is 15.9 Å². The number of pyridine rings is 2. The van der Waals surface area contributed by atoms with Crippen molar-refractivity contribution in [2.75, 3.05) is 18.0 Å². The third kappa shape index (κ3) is 4.27. The van der Waals surface area contributed by atoms with Crippen LogP contribution in [0.25, 0.3) is 15.9 Å². The second-order valence-electron chi connectivity index (χ2n) is 9.37. The van der Waals surface area contributed by atoms with Crippen LogP contribution in [0.15, 0.2) is 52.6 Å². The second-order valence-corrected chi connectivity index (χ2v) is 10.4. The van der Waals surface area contributed by atoms with Gasteiger partial charge in [0, 0.05) is 43.7 Å². The number of anilines is 1. The molecule has 0 aliphatic carbocycles. The zero-order valence-corrected chi connectivity index (χ0v) is 21.5. The third-order valence-corrected chi connectivity index (χ3v) is 7.74. The van der Waals surface area contributed by atoms with Crippen molar-refractivity contribution in [1.82, 2.24) is 19.4 Å². The Morgan fingerprint density at radius 1 is 1.11 bits per heavy atom. The van der Waals surface area contributed by atoms with Gasteiger partial charge >= 0.3 is 0 Å². The van der Waals surface area contributed by atoms with Crippen LogP contribution in [0.2, 0.25) is 0 Å². The summed E-state index contributed by atoms with van der Waals surface area (Å²) in [6.45, 7) is 15.1. The summed E-state index contributed by atoms with van der Waals surface area (Å²) in [7, 11) is 1.72. The maximum Gasteiger partial charge on any atom is 0.270 e. The van der Waals surface area contributed by atoms with E-state index in [9.17, 15) is 9.18 Å². The molecule has 0 amide bonds. The zero-order valence-electron chi connectivity index (χ0n) is 20.6. The molecule has 4 heterocycles. The SMILES string of the molecule is [C-]#[N+]c1ccc2c(n1)c(N1C[C@@H](C)N(C(c3ccc(F)cc3)c3csc(C)n3)C[C@@H]1C)cc(=O)n2C. The van der Waals surface area contributed by atoms with Crippen LogP contribution in [-0.2, 0) is 7.05 Å². The number of rotatable bonds is 4. The Morgan fingerprint density at radius 2 is 1.86 bits per heavy atom. The predicted octanol–water partition coefficient (Wildman–Crippen LogP) is 5.08. The summed E-state index contributed by atoms with van der Waals surface area (Å²) in [5.41, 5.74) is 3.95. The molecule has 36 heavy (non-hydrogen) atoms. The monoisotopic (exact) mass is 502 g/mol. The fraction of sp³-hybridized carbons (Fsp3) is 0.333. The second kappa shape index (κ2) is 9.45. The molecule has 7 nitrogen and oxygen atoms in total. The smallest absolute Gasteiger partial charge is 0.270 e. The van der Waals surface area contributed by atoms with E-state index in [1.807, 2.05) is 19.1 Å². The zero-order chi connectivity index (χ0) is 25.6. The van der Waals surface area contributed by atoms with Crippen molar-refractivity contribution in [3.8, 4) is 0 Å². The first-order valence-electron chi connectivity index (χ1n) is 11.8. The van der Waals surface area contributed by atoms with E-state index < -0.39 is 0 Å². The number of piperazine rings is 1. The topological polar surface area (TPSA) is 58.6 Å². The van der Waals surface area contributed by atoms with E-state index in [4.69, 9.17) is 11.6 Å². The quantitative estimate of drug-likeness (QED) is 0.365. The largest absolute Gasteiger partial charge is 0.362 e. The minimum absolute atomic E-state index is 0.0533. The first-order chi connectivity index (χ1) is 17.3. The fourth-order valence-corrected chi connectivity index (χ4v) is 5.75. The molecule has 184 valence electrons. The van der Waals surface area contributed by atoms with E-state index in [-0.39, 0.29) is 29.5 Å². The number of aryl methyl sites for hydroxylation is 2. The molecule has 3 aromatic heterocycles. The Labute approximate surface area is 213 Å². The molecular formula is C27H27FN6OS. The van der Waals surface area contributed by atoms with Crippen molar-refractivity contribution in [3.05, 3.63) is 91.7 Å². The van der Waals surface area contributed by atoms with E-state index in [1.165, 1.54) is 12.1 Å². The standard InChI is InChI=1S/C27H27FN6OS/c1-16-14-34(27(21-15-36-18(3)30-21)19-6-8-20(28)9-7-19)17(2)13-33(16)23-12-25(35)32(5)22-10-11-24(29-4)31-26(22)23/h6-12,15-17,27H,13-14H2,1-3,5H3/t16-,17+,27?/m0/s1. The lowest BCUT2D eigenvalue weighted by molar-refractivity contribution is 0.128. The molecule has 5 rings (SSSR count). The number of fused-ring (bicyclic) bond motifs is 1. The number of thiazole rings is 1. The Hall–Kier alpha value is -3.61. The van der Waals surface area contributed by atoms with Crippen molar-refractivity contribution in [1.29, 1.82) is 0 Å². The van der Waals surface area contributed by atoms with E-state index in [0.717, 1.165) is 22.0 Å². The molecule has 0 bridgehead atoms. The Kier molecular flexibility index (Phi) is 6.33. The lowest BCUT2D eigenvalue weighted by Gasteiger charge is -2.48. The van der Waals surface area contributed by atoms with Gasteiger partial charge in [-0.25, -0.2) is 9.37 Å². The average Bonchev–Trinajstić information content (AvgIpc) is 3.30. The molecule has 4 aromatic rings. The summed E-state index contributed by atoms with van der Waals surface area (Å²) in [4.78, 5) is 30.3. The van der Waals surface area contributed by atoms with Crippen molar-refractivity contribution < 1.29 is 4.39 Å². The number of nitrogens with zero attached hydrogens (tertiary/aromatic N) is 6. The molecule has 1 unspecified atom stereocenters. The molecule has 1 aromatic carbocycles. The van der Waals surface area contributed by atoms with Crippen molar-refractivity contribution in [2.45, 2.75) is 38.9 Å². The van der Waals surface area contributed by atoms with Gasteiger partial charge in [0.1, 0.15) is 5.82 Å². The lowest BCUT2D eigenvalue weighted by Crippen LogP contribution is -2.57. The van der Waals surface area contributed by atoms with Gasteiger partial charge in [0.25, 0.3) is 11.4 Å². The van der Waals surface area contributed by atoms with Gasteiger partial charge in [-0.3, -0.25) is 9.69 Å². The molecule has 0 radical (unpaired) electrons. The summed E-state index contributed by atoms with van der Waals surface area (Å²) in [5, 5.41) is 3.07. The van der Waals surface area contributed by atoms with E-state index in [2.05, 4.69) is 38.9 Å². The van der Waals surface area contributed by atoms with Crippen LogP contribution >= 0.6 is 11.3 Å². The summed E-state index contributed by atoms with van der Waals surface area (Å²) < 4.78 is 15.3. The van der Waals surface area contributed by atoms with Crippen LogP contribution in [0.3, 0.4) is 0 Å². The Bertz CT molecular complexity index is 1520. The fourth-order valence-electron chi connectivity index (χ4n) is 5.11. The van der Waals surface area contributed by atoms with Gasteiger partial charge in [0.05, 0.1) is 27.9 Å². The summed E-state index contributed by atoms with van der Waals surface area (Å²) in [5.74, 6) is 0.0408. The number of hydrogen-bond acceptors (Lipinski definition) is 6.